The highest BCUT2D eigenvalue weighted by molar-refractivity contribution is 5.77. The highest BCUT2D eigenvalue weighted by atomic mass is 16.5. The van der Waals surface area contributed by atoms with Crippen molar-refractivity contribution in [1.29, 1.82) is 0 Å². The van der Waals surface area contributed by atoms with Gasteiger partial charge in [0.15, 0.2) is 0 Å². The maximum Gasteiger partial charge on any atom is 0.313 e. The number of esters is 1. The lowest BCUT2D eigenvalue weighted by atomic mass is 9.97. The fourth-order valence-electron chi connectivity index (χ4n) is 1.31. The molecule has 0 saturated carbocycles. The number of carbonyl (C=O) groups is 1. The predicted octanol–water partition coefficient (Wildman–Crippen LogP) is 1.90. The SMILES string of the molecule is C=C(C)[C@H]1C[C@@H](CC)OC1=O. The predicted molar refractivity (Wildman–Crippen MR) is 43.1 cm³/mol. The molecule has 0 bridgehead atoms. The van der Waals surface area contributed by atoms with E-state index < -0.39 is 0 Å². The first-order valence-corrected chi connectivity index (χ1v) is 4.01. The van der Waals surface area contributed by atoms with Crippen LogP contribution in [0.3, 0.4) is 0 Å². The molecular weight excluding hydrogens is 140 g/mol. The molecule has 62 valence electrons. The third-order valence-corrected chi connectivity index (χ3v) is 2.12. The Kier molecular flexibility index (Phi) is 2.32. The van der Waals surface area contributed by atoms with Gasteiger partial charge in [-0.15, -0.1) is 0 Å². The molecular formula is C9H14O2. The Morgan fingerprint density at radius 1 is 1.82 bits per heavy atom. The van der Waals surface area contributed by atoms with Gasteiger partial charge in [0.2, 0.25) is 0 Å². The van der Waals surface area contributed by atoms with E-state index in [1.165, 1.54) is 0 Å². The van der Waals surface area contributed by atoms with Gasteiger partial charge in [0.25, 0.3) is 0 Å². The molecule has 0 aromatic rings. The molecule has 1 heterocycles. The highest BCUT2D eigenvalue weighted by Gasteiger charge is 2.33. The van der Waals surface area contributed by atoms with Gasteiger partial charge in [0, 0.05) is 6.42 Å². The van der Waals surface area contributed by atoms with Crippen molar-refractivity contribution in [3.05, 3.63) is 12.2 Å². The zero-order valence-electron chi connectivity index (χ0n) is 7.09. The summed E-state index contributed by atoms with van der Waals surface area (Å²) < 4.78 is 5.08. The Morgan fingerprint density at radius 3 is 2.73 bits per heavy atom. The summed E-state index contributed by atoms with van der Waals surface area (Å²) in [5, 5.41) is 0. The lowest BCUT2D eigenvalue weighted by molar-refractivity contribution is -0.143. The molecule has 2 atom stereocenters. The average Bonchev–Trinajstić information content (AvgIpc) is 2.30. The van der Waals surface area contributed by atoms with Crippen LogP contribution in [0.2, 0.25) is 0 Å². The number of hydrogen-bond acceptors (Lipinski definition) is 2. The second-order valence-electron chi connectivity index (χ2n) is 3.10. The molecule has 0 aliphatic carbocycles. The van der Waals surface area contributed by atoms with Crippen molar-refractivity contribution in [1.82, 2.24) is 0 Å². The fraction of sp³-hybridized carbons (Fsp3) is 0.667. The first-order chi connectivity index (χ1) is 5.15. The van der Waals surface area contributed by atoms with E-state index in [0.717, 1.165) is 18.4 Å². The van der Waals surface area contributed by atoms with E-state index in [-0.39, 0.29) is 18.0 Å². The van der Waals surface area contributed by atoms with E-state index >= 15 is 0 Å². The zero-order chi connectivity index (χ0) is 8.43. The highest BCUT2D eigenvalue weighted by Crippen LogP contribution is 2.27. The Morgan fingerprint density at radius 2 is 2.45 bits per heavy atom. The molecule has 1 rings (SSSR count). The third-order valence-electron chi connectivity index (χ3n) is 2.12. The first kappa shape index (κ1) is 8.31. The largest absolute Gasteiger partial charge is 0.462 e. The summed E-state index contributed by atoms with van der Waals surface area (Å²) >= 11 is 0. The normalized spacial score (nSPS) is 30.2. The lowest BCUT2D eigenvalue weighted by Gasteiger charge is -2.02. The van der Waals surface area contributed by atoms with Gasteiger partial charge in [-0.05, 0) is 13.3 Å². The summed E-state index contributed by atoms with van der Waals surface area (Å²) in [6, 6.07) is 0. The van der Waals surface area contributed by atoms with Crippen molar-refractivity contribution in [2.45, 2.75) is 32.8 Å². The van der Waals surface area contributed by atoms with Crippen molar-refractivity contribution in [3.63, 3.8) is 0 Å². The molecule has 2 nitrogen and oxygen atoms in total. The minimum Gasteiger partial charge on any atom is -0.462 e. The third kappa shape index (κ3) is 1.62. The maximum atomic E-state index is 11.1. The summed E-state index contributed by atoms with van der Waals surface area (Å²) in [4.78, 5) is 11.1. The summed E-state index contributed by atoms with van der Waals surface area (Å²) in [5.41, 5.74) is 0.922. The maximum absolute atomic E-state index is 11.1. The molecule has 0 spiro atoms. The average molecular weight is 154 g/mol. The van der Waals surface area contributed by atoms with Crippen LogP contribution in [0.5, 0.6) is 0 Å². The molecule has 1 fully saturated rings. The quantitative estimate of drug-likeness (QED) is 0.448. The zero-order valence-corrected chi connectivity index (χ0v) is 7.09. The van der Waals surface area contributed by atoms with Gasteiger partial charge in [0.05, 0.1) is 5.92 Å². The van der Waals surface area contributed by atoms with E-state index in [1.807, 2.05) is 13.8 Å². The lowest BCUT2D eigenvalue weighted by Crippen LogP contribution is -2.07. The monoisotopic (exact) mass is 154 g/mol. The minimum atomic E-state index is -0.0932. The molecule has 0 N–H and O–H groups in total. The smallest absolute Gasteiger partial charge is 0.313 e. The van der Waals surface area contributed by atoms with E-state index in [0.29, 0.717) is 0 Å². The van der Waals surface area contributed by atoms with Gasteiger partial charge < -0.3 is 4.74 Å². The van der Waals surface area contributed by atoms with Crippen molar-refractivity contribution in [2.75, 3.05) is 0 Å². The Labute approximate surface area is 67.2 Å². The van der Waals surface area contributed by atoms with Gasteiger partial charge in [-0.1, -0.05) is 19.1 Å². The first-order valence-electron chi connectivity index (χ1n) is 4.01. The Hall–Kier alpha value is -0.790. The molecule has 2 heteroatoms. The number of ether oxygens (including phenoxy) is 1. The van der Waals surface area contributed by atoms with E-state index in [9.17, 15) is 4.79 Å². The standard InChI is InChI=1S/C9H14O2/c1-4-7-5-8(6(2)3)9(10)11-7/h7-8H,2,4-5H2,1,3H3/t7-,8-/m1/s1. The van der Waals surface area contributed by atoms with E-state index in [4.69, 9.17) is 4.74 Å². The van der Waals surface area contributed by atoms with Crippen molar-refractivity contribution in [3.8, 4) is 0 Å². The summed E-state index contributed by atoms with van der Waals surface area (Å²) in [6.07, 6.45) is 1.87. The van der Waals surface area contributed by atoms with Crippen LogP contribution in [0.1, 0.15) is 26.7 Å². The number of carbonyl (C=O) groups excluding carboxylic acids is 1. The molecule has 0 unspecified atom stereocenters. The van der Waals surface area contributed by atoms with Crippen molar-refractivity contribution < 1.29 is 9.53 Å². The van der Waals surface area contributed by atoms with Crippen LogP contribution in [-0.4, -0.2) is 12.1 Å². The number of cyclic esters (lactones) is 1. The molecule has 1 aliphatic rings. The summed E-state index contributed by atoms with van der Waals surface area (Å²) in [5.74, 6) is -0.135. The fourth-order valence-corrected chi connectivity index (χ4v) is 1.31. The molecule has 1 aliphatic heterocycles. The minimum absolute atomic E-state index is 0.0417. The summed E-state index contributed by atoms with van der Waals surface area (Å²) in [7, 11) is 0. The summed E-state index contributed by atoms with van der Waals surface area (Å²) in [6.45, 7) is 7.66. The second kappa shape index (κ2) is 3.07. The van der Waals surface area contributed by atoms with Crippen LogP contribution < -0.4 is 0 Å². The molecule has 0 amide bonds. The number of rotatable bonds is 2. The molecule has 11 heavy (non-hydrogen) atoms. The second-order valence-corrected chi connectivity index (χ2v) is 3.10. The van der Waals surface area contributed by atoms with Gasteiger partial charge in [-0.25, -0.2) is 0 Å². The topological polar surface area (TPSA) is 26.3 Å². The van der Waals surface area contributed by atoms with E-state index in [2.05, 4.69) is 6.58 Å². The van der Waals surface area contributed by atoms with Crippen LogP contribution in [0.15, 0.2) is 12.2 Å². The van der Waals surface area contributed by atoms with Crippen LogP contribution >= 0.6 is 0 Å². The van der Waals surface area contributed by atoms with Gasteiger partial charge in [0.1, 0.15) is 6.10 Å². The van der Waals surface area contributed by atoms with Crippen LogP contribution in [-0.2, 0) is 9.53 Å². The molecule has 0 aromatic heterocycles. The molecule has 0 aromatic carbocycles. The van der Waals surface area contributed by atoms with Gasteiger partial charge in [-0.3, -0.25) is 4.79 Å². The van der Waals surface area contributed by atoms with Crippen molar-refractivity contribution in [2.24, 2.45) is 5.92 Å². The Bertz CT molecular complexity index is 184. The molecule has 1 saturated heterocycles. The Balaban J connectivity index is 2.59. The van der Waals surface area contributed by atoms with Crippen LogP contribution in [0, 0.1) is 5.92 Å². The van der Waals surface area contributed by atoms with Crippen LogP contribution in [0.4, 0.5) is 0 Å². The van der Waals surface area contributed by atoms with Crippen LogP contribution in [0.25, 0.3) is 0 Å². The number of hydrogen-bond donors (Lipinski definition) is 0. The van der Waals surface area contributed by atoms with Gasteiger partial charge in [-0.2, -0.15) is 0 Å². The van der Waals surface area contributed by atoms with E-state index in [1.54, 1.807) is 0 Å². The van der Waals surface area contributed by atoms with Crippen molar-refractivity contribution >= 4 is 5.97 Å². The van der Waals surface area contributed by atoms with Gasteiger partial charge >= 0.3 is 5.97 Å². The molecule has 0 radical (unpaired) electrons.